The van der Waals surface area contributed by atoms with Crippen LogP contribution in [0.2, 0.25) is 0 Å². The van der Waals surface area contributed by atoms with Gasteiger partial charge in [-0.3, -0.25) is 4.79 Å². The summed E-state index contributed by atoms with van der Waals surface area (Å²) in [7, 11) is 0. The Balaban J connectivity index is 2.55. The topological polar surface area (TPSA) is 43.1 Å². The molecular weight excluding hydrogens is 219 g/mol. The lowest BCUT2D eigenvalue weighted by Crippen LogP contribution is -2.34. The Bertz CT molecular complexity index is 448. The van der Waals surface area contributed by atoms with E-state index in [1.165, 1.54) is 24.3 Å². The van der Waals surface area contributed by atoms with E-state index in [9.17, 15) is 18.0 Å². The average Bonchev–Trinajstić information content (AvgIpc) is 2.62. The van der Waals surface area contributed by atoms with Crippen molar-refractivity contribution in [3.05, 3.63) is 35.9 Å². The van der Waals surface area contributed by atoms with Crippen LogP contribution in [-0.2, 0) is 10.2 Å². The van der Waals surface area contributed by atoms with Crippen LogP contribution in [0, 0.1) is 0 Å². The minimum absolute atomic E-state index is 0.0706. The number of nitrogens with two attached hydrogens (primary N) is 1. The van der Waals surface area contributed by atoms with E-state index >= 15 is 0 Å². The van der Waals surface area contributed by atoms with E-state index in [-0.39, 0.29) is 5.56 Å². The zero-order valence-corrected chi connectivity index (χ0v) is 8.51. The SMILES string of the molecule is CC1(c2ccccc2)C(F)(F)C1(F)C(N)=O. The van der Waals surface area contributed by atoms with Crippen molar-refractivity contribution in [1.29, 1.82) is 0 Å². The van der Waals surface area contributed by atoms with Crippen molar-refractivity contribution in [1.82, 2.24) is 0 Å². The second-order valence-electron chi connectivity index (χ2n) is 4.09. The zero-order chi connectivity index (χ0) is 12.2. The molecule has 0 saturated heterocycles. The molecule has 2 unspecified atom stereocenters. The van der Waals surface area contributed by atoms with Gasteiger partial charge >= 0.3 is 5.92 Å². The Kier molecular flexibility index (Phi) is 1.91. The average molecular weight is 229 g/mol. The van der Waals surface area contributed by atoms with E-state index < -0.39 is 22.9 Å². The number of halogens is 3. The Morgan fingerprint density at radius 1 is 1.19 bits per heavy atom. The van der Waals surface area contributed by atoms with E-state index in [2.05, 4.69) is 0 Å². The maximum Gasteiger partial charge on any atom is 0.304 e. The maximum atomic E-state index is 13.9. The summed E-state index contributed by atoms with van der Waals surface area (Å²) in [6.45, 7) is 1.01. The molecule has 16 heavy (non-hydrogen) atoms. The van der Waals surface area contributed by atoms with Gasteiger partial charge in [-0.1, -0.05) is 30.3 Å². The van der Waals surface area contributed by atoms with Crippen LogP contribution in [0.3, 0.4) is 0 Å². The van der Waals surface area contributed by atoms with Crippen molar-refractivity contribution in [3.63, 3.8) is 0 Å². The third-order valence-electron chi connectivity index (χ3n) is 3.38. The summed E-state index contributed by atoms with van der Waals surface area (Å²) < 4.78 is 40.9. The smallest absolute Gasteiger partial charge is 0.304 e. The number of alkyl halides is 3. The summed E-state index contributed by atoms with van der Waals surface area (Å²) in [4.78, 5) is 10.9. The first kappa shape index (κ1) is 11.0. The van der Waals surface area contributed by atoms with Crippen LogP contribution in [0.4, 0.5) is 13.2 Å². The maximum absolute atomic E-state index is 13.9. The van der Waals surface area contributed by atoms with Gasteiger partial charge in [0, 0.05) is 0 Å². The molecule has 0 aromatic heterocycles. The lowest BCUT2D eigenvalue weighted by atomic mass is 9.94. The highest BCUT2D eigenvalue weighted by molar-refractivity contribution is 5.93. The second-order valence-corrected chi connectivity index (χ2v) is 4.09. The molecule has 1 aromatic rings. The summed E-state index contributed by atoms with van der Waals surface area (Å²) >= 11 is 0. The van der Waals surface area contributed by atoms with Crippen molar-refractivity contribution in [3.8, 4) is 0 Å². The molecule has 2 atom stereocenters. The van der Waals surface area contributed by atoms with Gasteiger partial charge in [-0.15, -0.1) is 0 Å². The molecule has 1 aliphatic carbocycles. The van der Waals surface area contributed by atoms with Crippen molar-refractivity contribution in [2.75, 3.05) is 0 Å². The molecule has 2 N–H and O–H groups in total. The fourth-order valence-electron chi connectivity index (χ4n) is 2.14. The number of benzene rings is 1. The van der Waals surface area contributed by atoms with Crippen LogP contribution in [0.25, 0.3) is 0 Å². The molecule has 1 aliphatic rings. The number of hydrogen-bond donors (Lipinski definition) is 1. The summed E-state index contributed by atoms with van der Waals surface area (Å²) in [5, 5.41) is 0. The molecule has 0 aliphatic heterocycles. The Hall–Kier alpha value is -1.52. The normalized spacial score (nSPS) is 35.8. The summed E-state index contributed by atoms with van der Waals surface area (Å²) in [6, 6.07) is 7.36. The number of carbonyl (C=O) groups is 1. The molecule has 0 radical (unpaired) electrons. The molecule has 1 amide bonds. The third-order valence-corrected chi connectivity index (χ3v) is 3.38. The van der Waals surface area contributed by atoms with Crippen LogP contribution in [0.15, 0.2) is 30.3 Å². The van der Waals surface area contributed by atoms with E-state index in [1.54, 1.807) is 6.07 Å². The van der Waals surface area contributed by atoms with Crippen molar-refractivity contribution in [2.45, 2.75) is 23.9 Å². The summed E-state index contributed by atoms with van der Waals surface area (Å²) in [5.74, 6) is -5.38. The number of carbonyl (C=O) groups excluding carboxylic acids is 1. The zero-order valence-electron chi connectivity index (χ0n) is 8.51. The minimum atomic E-state index is -3.76. The summed E-state index contributed by atoms with van der Waals surface area (Å²) in [5.41, 5.74) is -0.653. The monoisotopic (exact) mass is 229 g/mol. The van der Waals surface area contributed by atoms with Gasteiger partial charge in [0.25, 0.3) is 11.6 Å². The largest absolute Gasteiger partial charge is 0.367 e. The molecule has 1 fully saturated rings. The molecule has 2 nitrogen and oxygen atoms in total. The standard InChI is InChI=1S/C11H10F3NO/c1-9(7-5-3-2-4-6-7)10(12,8(15)16)11(9,13)14/h2-6H,1H3,(H2,15,16). The molecule has 2 rings (SSSR count). The molecule has 0 bridgehead atoms. The van der Waals surface area contributed by atoms with Crippen molar-refractivity contribution in [2.24, 2.45) is 5.73 Å². The van der Waals surface area contributed by atoms with E-state index in [1.807, 2.05) is 0 Å². The number of rotatable bonds is 2. The fraction of sp³-hybridized carbons (Fsp3) is 0.364. The second kappa shape index (κ2) is 2.78. The van der Waals surface area contributed by atoms with E-state index in [0.717, 1.165) is 6.92 Å². The van der Waals surface area contributed by atoms with Gasteiger partial charge in [0.2, 0.25) is 0 Å². The lowest BCUT2D eigenvalue weighted by Gasteiger charge is -2.10. The van der Waals surface area contributed by atoms with Gasteiger partial charge in [0.15, 0.2) is 0 Å². The Labute approximate surface area is 90.2 Å². The quantitative estimate of drug-likeness (QED) is 0.825. The third kappa shape index (κ3) is 0.870. The molecule has 1 saturated carbocycles. The van der Waals surface area contributed by atoms with Crippen LogP contribution < -0.4 is 5.73 Å². The fourth-order valence-corrected chi connectivity index (χ4v) is 2.14. The van der Waals surface area contributed by atoms with Gasteiger partial charge in [-0.25, -0.2) is 13.2 Å². The Morgan fingerprint density at radius 2 is 1.69 bits per heavy atom. The van der Waals surface area contributed by atoms with Gasteiger partial charge in [-0.2, -0.15) is 0 Å². The lowest BCUT2D eigenvalue weighted by molar-refractivity contribution is -0.128. The van der Waals surface area contributed by atoms with Gasteiger partial charge in [-0.05, 0) is 12.5 Å². The minimum Gasteiger partial charge on any atom is -0.367 e. The van der Waals surface area contributed by atoms with E-state index in [4.69, 9.17) is 5.73 Å². The molecule has 86 valence electrons. The number of amides is 1. The summed E-state index contributed by atoms with van der Waals surface area (Å²) in [6.07, 6.45) is 0. The van der Waals surface area contributed by atoms with Crippen LogP contribution >= 0.6 is 0 Å². The van der Waals surface area contributed by atoms with Gasteiger partial charge in [0.1, 0.15) is 5.41 Å². The highest BCUT2D eigenvalue weighted by Gasteiger charge is 2.95. The van der Waals surface area contributed by atoms with E-state index in [0.29, 0.717) is 0 Å². The highest BCUT2D eigenvalue weighted by atomic mass is 19.3. The highest BCUT2D eigenvalue weighted by Crippen LogP contribution is 2.71. The first-order valence-corrected chi connectivity index (χ1v) is 4.72. The molecule has 1 aromatic carbocycles. The van der Waals surface area contributed by atoms with Crippen LogP contribution in [0.5, 0.6) is 0 Å². The molecule has 0 spiro atoms. The first-order chi connectivity index (χ1) is 7.30. The van der Waals surface area contributed by atoms with Gasteiger partial charge < -0.3 is 5.73 Å². The number of primary amides is 1. The predicted molar refractivity (Wildman–Crippen MR) is 51.8 cm³/mol. The van der Waals surface area contributed by atoms with Gasteiger partial charge in [0.05, 0.1) is 0 Å². The molecule has 0 heterocycles. The Morgan fingerprint density at radius 3 is 2.06 bits per heavy atom. The van der Waals surface area contributed by atoms with Crippen molar-refractivity contribution < 1.29 is 18.0 Å². The molecule has 5 heteroatoms. The van der Waals surface area contributed by atoms with Crippen LogP contribution in [-0.4, -0.2) is 17.5 Å². The van der Waals surface area contributed by atoms with Crippen molar-refractivity contribution >= 4 is 5.91 Å². The number of hydrogen-bond acceptors (Lipinski definition) is 1. The molecular formula is C11H10F3NO. The predicted octanol–water partition coefficient (Wildman–Crippen LogP) is 1.79. The first-order valence-electron chi connectivity index (χ1n) is 4.72. The van der Waals surface area contributed by atoms with Crippen LogP contribution in [0.1, 0.15) is 12.5 Å².